The fourth-order valence-corrected chi connectivity index (χ4v) is 2.29. The van der Waals surface area contributed by atoms with Gasteiger partial charge in [-0.05, 0) is 18.2 Å². The van der Waals surface area contributed by atoms with E-state index in [9.17, 15) is 21.6 Å². The molecule has 1 aromatic rings. The highest BCUT2D eigenvalue weighted by molar-refractivity contribution is 7.91. The largest absolute Gasteiger partial charge is 0.325 e. The van der Waals surface area contributed by atoms with Crippen molar-refractivity contribution in [2.24, 2.45) is 5.14 Å². The first-order chi connectivity index (χ1) is 8.08. The van der Waals surface area contributed by atoms with Gasteiger partial charge in [-0.1, -0.05) is 6.07 Å². The van der Waals surface area contributed by atoms with Gasteiger partial charge in [0.2, 0.25) is 15.9 Å². The summed E-state index contributed by atoms with van der Waals surface area (Å²) in [4.78, 5) is 11.2. The van der Waals surface area contributed by atoms with Crippen LogP contribution in [0.3, 0.4) is 0 Å². The summed E-state index contributed by atoms with van der Waals surface area (Å²) in [6.45, 7) is 0. The SMILES string of the molecule is CS(=O)(=O)CC(=O)Nc1cccc(S(N)(=O)=O)c1. The number of sulfone groups is 1. The maximum absolute atomic E-state index is 11.3. The molecule has 1 aromatic carbocycles. The van der Waals surface area contributed by atoms with Crippen LogP contribution in [0.15, 0.2) is 29.2 Å². The van der Waals surface area contributed by atoms with Crippen LogP contribution in [0.25, 0.3) is 0 Å². The van der Waals surface area contributed by atoms with Crippen molar-refractivity contribution in [1.82, 2.24) is 0 Å². The molecule has 0 saturated heterocycles. The van der Waals surface area contributed by atoms with Crippen molar-refractivity contribution in [2.45, 2.75) is 4.90 Å². The summed E-state index contributed by atoms with van der Waals surface area (Å²) < 4.78 is 43.9. The Balaban J connectivity index is 2.90. The van der Waals surface area contributed by atoms with Gasteiger partial charge in [0.05, 0.1) is 4.90 Å². The van der Waals surface area contributed by atoms with Crippen molar-refractivity contribution in [3.63, 3.8) is 0 Å². The number of nitrogens with two attached hydrogens (primary N) is 1. The van der Waals surface area contributed by atoms with E-state index >= 15 is 0 Å². The number of carbonyl (C=O) groups is 1. The Labute approximate surface area is 105 Å². The molecule has 0 saturated carbocycles. The van der Waals surface area contributed by atoms with Crippen molar-refractivity contribution in [2.75, 3.05) is 17.3 Å². The Morgan fingerprint density at radius 2 is 1.89 bits per heavy atom. The van der Waals surface area contributed by atoms with E-state index in [1.54, 1.807) is 0 Å². The molecule has 0 fully saturated rings. The van der Waals surface area contributed by atoms with E-state index in [2.05, 4.69) is 5.32 Å². The zero-order valence-electron chi connectivity index (χ0n) is 9.45. The third kappa shape index (κ3) is 4.82. The quantitative estimate of drug-likeness (QED) is 0.760. The Morgan fingerprint density at radius 1 is 1.28 bits per heavy atom. The fourth-order valence-electron chi connectivity index (χ4n) is 1.19. The monoisotopic (exact) mass is 292 g/mol. The van der Waals surface area contributed by atoms with Gasteiger partial charge in [0.15, 0.2) is 9.84 Å². The number of primary sulfonamides is 1. The van der Waals surface area contributed by atoms with E-state index in [1.807, 2.05) is 0 Å². The van der Waals surface area contributed by atoms with Crippen LogP contribution in [0.1, 0.15) is 0 Å². The average molecular weight is 292 g/mol. The lowest BCUT2D eigenvalue weighted by Gasteiger charge is -2.05. The summed E-state index contributed by atoms with van der Waals surface area (Å²) in [5.41, 5.74) is 0.162. The molecule has 0 aromatic heterocycles. The molecule has 0 aliphatic heterocycles. The highest BCUT2D eigenvalue weighted by Gasteiger charge is 2.12. The average Bonchev–Trinajstić information content (AvgIpc) is 2.13. The van der Waals surface area contributed by atoms with Crippen molar-refractivity contribution >= 4 is 31.5 Å². The number of benzene rings is 1. The molecule has 18 heavy (non-hydrogen) atoms. The Kier molecular flexibility index (Phi) is 4.09. The van der Waals surface area contributed by atoms with Gasteiger partial charge in [-0.25, -0.2) is 22.0 Å². The second-order valence-corrected chi connectivity index (χ2v) is 7.39. The van der Waals surface area contributed by atoms with Crippen LogP contribution in [0.4, 0.5) is 5.69 Å². The molecule has 0 aliphatic rings. The van der Waals surface area contributed by atoms with Gasteiger partial charge in [-0.3, -0.25) is 4.79 Å². The van der Waals surface area contributed by atoms with Gasteiger partial charge in [-0.15, -0.1) is 0 Å². The fraction of sp³-hybridized carbons (Fsp3) is 0.222. The molecule has 0 unspecified atom stereocenters. The van der Waals surface area contributed by atoms with Crippen LogP contribution < -0.4 is 10.5 Å². The van der Waals surface area contributed by atoms with Crippen molar-refractivity contribution in [3.8, 4) is 0 Å². The van der Waals surface area contributed by atoms with Crippen molar-refractivity contribution < 1.29 is 21.6 Å². The van der Waals surface area contributed by atoms with Gasteiger partial charge in [0.25, 0.3) is 0 Å². The number of nitrogens with one attached hydrogen (secondary N) is 1. The lowest BCUT2D eigenvalue weighted by molar-refractivity contribution is -0.113. The number of sulfonamides is 1. The molecular weight excluding hydrogens is 280 g/mol. The molecule has 0 atom stereocenters. The summed E-state index contributed by atoms with van der Waals surface area (Å²) in [6.07, 6.45) is 0.924. The summed E-state index contributed by atoms with van der Waals surface area (Å²) in [6, 6.07) is 5.22. The number of rotatable bonds is 4. The van der Waals surface area contributed by atoms with E-state index in [0.717, 1.165) is 12.3 Å². The summed E-state index contributed by atoms with van der Waals surface area (Å²) in [5, 5.41) is 7.19. The predicted molar refractivity (Wildman–Crippen MR) is 66.2 cm³/mol. The summed E-state index contributed by atoms with van der Waals surface area (Å²) in [7, 11) is -7.30. The van der Waals surface area contributed by atoms with E-state index < -0.39 is 31.5 Å². The van der Waals surface area contributed by atoms with E-state index in [-0.39, 0.29) is 10.6 Å². The second-order valence-electron chi connectivity index (χ2n) is 3.69. The minimum absolute atomic E-state index is 0.162. The van der Waals surface area contributed by atoms with Crippen LogP contribution in [-0.4, -0.2) is 34.8 Å². The first-order valence-corrected chi connectivity index (χ1v) is 8.29. The minimum atomic E-state index is -3.87. The minimum Gasteiger partial charge on any atom is -0.325 e. The highest BCUT2D eigenvalue weighted by atomic mass is 32.2. The van der Waals surface area contributed by atoms with Gasteiger partial charge < -0.3 is 5.32 Å². The smallest absolute Gasteiger partial charge is 0.239 e. The lowest BCUT2D eigenvalue weighted by Crippen LogP contribution is -2.22. The molecule has 9 heteroatoms. The lowest BCUT2D eigenvalue weighted by atomic mass is 10.3. The molecule has 1 amide bonds. The van der Waals surface area contributed by atoms with E-state index in [0.29, 0.717) is 0 Å². The van der Waals surface area contributed by atoms with Crippen molar-refractivity contribution in [3.05, 3.63) is 24.3 Å². The predicted octanol–water partition coefficient (Wildman–Crippen LogP) is -0.683. The summed E-state index contributed by atoms with van der Waals surface area (Å²) >= 11 is 0. The van der Waals surface area contributed by atoms with Gasteiger partial charge in [0, 0.05) is 11.9 Å². The van der Waals surface area contributed by atoms with Crippen LogP contribution in [0.5, 0.6) is 0 Å². The Morgan fingerprint density at radius 3 is 2.39 bits per heavy atom. The normalized spacial score (nSPS) is 12.1. The van der Waals surface area contributed by atoms with Crippen LogP contribution in [0.2, 0.25) is 0 Å². The molecule has 0 heterocycles. The van der Waals surface area contributed by atoms with Crippen LogP contribution in [0, 0.1) is 0 Å². The molecule has 3 N–H and O–H groups in total. The summed E-state index contributed by atoms with van der Waals surface area (Å²) in [5.74, 6) is -1.42. The van der Waals surface area contributed by atoms with E-state index in [1.165, 1.54) is 18.2 Å². The molecule has 0 radical (unpaired) electrons. The first kappa shape index (κ1) is 14.6. The number of amides is 1. The maximum atomic E-state index is 11.3. The molecule has 0 spiro atoms. The molecule has 0 aliphatic carbocycles. The zero-order valence-corrected chi connectivity index (χ0v) is 11.1. The third-order valence-corrected chi connectivity index (χ3v) is 3.54. The van der Waals surface area contributed by atoms with Crippen LogP contribution >= 0.6 is 0 Å². The first-order valence-electron chi connectivity index (χ1n) is 4.68. The van der Waals surface area contributed by atoms with Gasteiger partial charge >= 0.3 is 0 Å². The molecule has 0 bridgehead atoms. The molecule has 1 rings (SSSR count). The van der Waals surface area contributed by atoms with Gasteiger partial charge in [0.1, 0.15) is 5.75 Å². The number of carbonyl (C=O) groups excluding carboxylic acids is 1. The molecule has 7 nitrogen and oxygen atoms in total. The number of anilines is 1. The second kappa shape index (κ2) is 5.04. The highest BCUT2D eigenvalue weighted by Crippen LogP contribution is 2.13. The topological polar surface area (TPSA) is 123 Å². The molecular formula is C9H12N2O5S2. The molecule has 100 valence electrons. The Hall–Kier alpha value is -1.45. The third-order valence-electron chi connectivity index (χ3n) is 1.84. The zero-order chi connectivity index (χ0) is 14.0. The standard InChI is InChI=1S/C9H12N2O5S2/c1-17(13,14)6-9(12)11-7-3-2-4-8(5-7)18(10,15)16/h2-5H,6H2,1H3,(H,11,12)(H2,10,15,16). The number of hydrogen-bond donors (Lipinski definition) is 2. The number of hydrogen-bond acceptors (Lipinski definition) is 5. The maximum Gasteiger partial charge on any atom is 0.239 e. The Bertz CT molecular complexity index is 664. The van der Waals surface area contributed by atoms with Crippen molar-refractivity contribution in [1.29, 1.82) is 0 Å². The van der Waals surface area contributed by atoms with E-state index in [4.69, 9.17) is 5.14 Å². The van der Waals surface area contributed by atoms with Gasteiger partial charge in [-0.2, -0.15) is 0 Å². The van der Waals surface area contributed by atoms with Crippen LogP contribution in [-0.2, 0) is 24.7 Å².